The summed E-state index contributed by atoms with van der Waals surface area (Å²) in [5.74, 6) is -3.79. The van der Waals surface area contributed by atoms with Crippen LogP contribution in [0.2, 0.25) is 0 Å². The number of carboxylic acid groups (broad SMARTS) is 1. The van der Waals surface area contributed by atoms with Gasteiger partial charge in [0.2, 0.25) is 0 Å². The van der Waals surface area contributed by atoms with E-state index in [2.05, 4.69) is 5.32 Å². The highest BCUT2D eigenvalue weighted by Crippen LogP contribution is 2.21. The second-order valence-corrected chi connectivity index (χ2v) is 6.42. The predicted molar refractivity (Wildman–Crippen MR) is 80.1 cm³/mol. The molecular formula is C16H21F2NO4. The zero-order valence-corrected chi connectivity index (χ0v) is 13.4. The van der Waals surface area contributed by atoms with E-state index in [-0.39, 0.29) is 17.6 Å². The average molecular weight is 329 g/mol. The van der Waals surface area contributed by atoms with Crippen LogP contribution in [-0.4, -0.2) is 29.6 Å². The summed E-state index contributed by atoms with van der Waals surface area (Å²) >= 11 is 0. The first-order valence-corrected chi connectivity index (χ1v) is 7.18. The summed E-state index contributed by atoms with van der Waals surface area (Å²) in [6, 6.07) is 1.66. The van der Waals surface area contributed by atoms with Gasteiger partial charge in [0.15, 0.2) is 18.2 Å². The van der Waals surface area contributed by atoms with Crippen molar-refractivity contribution in [1.29, 1.82) is 0 Å². The Labute approximate surface area is 133 Å². The molecule has 0 bridgehead atoms. The van der Waals surface area contributed by atoms with E-state index in [0.717, 1.165) is 12.1 Å². The van der Waals surface area contributed by atoms with Crippen molar-refractivity contribution in [2.45, 2.75) is 39.7 Å². The zero-order valence-electron chi connectivity index (χ0n) is 13.4. The molecule has 1 amide bonds. The number of halogens is 2. The number of aliphatic carboxylic acids is 1. The Kier molecular flexibility index (Phi) is 6.48. The number of carbonyl (C=O) groups excluding carboxylic acids is 1. The second-order valence-electron chi connectivity index (χ2n) is 6.42. The fraction of sp³-hybridized carbons (Fsp3) is 0.500. The van der Waals surface area contributed by atoms with Gasteiger partial charge in [-0.25, -0.2) is 13.6 Å². The SMILES string of the molecule is CC(C)(C)CCC(NC(=O)COc1ccc(F)cc1F)C(=O)O. The van der Waals surface area contributed by atoms with E-state index in [1.54, 1.807) is 0 Å². The standard InChI is InChI=1S/C16H21F2NO4/c1-16(2,3)7-6-12(15(21)22)19-14(20)9-23-13-5-4-10(17)8-11(13)18/h4-5,8,12H,6-7,9H2,1-3H3,(H,19,20)(H,21,22). The Bertz CT molecular complexity index is 570. The lowest BCUT2D eigenvalue weighted by molar-refractivity contribution is -0.142. The van der Waals surface area contributed by atoms with Crippen LogP contribution in [0, 0.1) is 17.0 Å². The van der Waals surface area contributed by atoms with Crippen molar-refractivity contribution < 1.29 is 28.2 Å². The number of ether oxygens (including phenoxy) is 1. The summed E-state index contributed by atoms with van der Waals surface area (Å²) in [5, 5.41) is 11.5. The van der Waals surface area contributed by atoms with E-state index in [1.807, 2.05) is 20.8 Å². The molecule has 1 aromatic carbocycles. The summed E-state index contributed by atoms with van der Waals surface area (Å²) in [6.45, 7) is 5.35. The summed E-state index contributed by atoms with van der Waals surface area (Å²) < 4.78 is 31.0. The number of amides is 1. The smallest absolute Gasteiger partial charge is 0.326 e. The van der Waals surface area contributed by atoms with Crippen molar-refractivity contribution in [3.05, 3.63) is 29.8 Å². The van der Waals surface area contributed by atoms with Crippen molar-refractivity contribution in [2.75, 3.05) is 6.61 Å². The highest BCUT2D eigenvalue weighted by Gasteiger charge is 2.23. The van der Waals surface area contributed by atoms with Gasteiger partial charge in [-0.3, -0.25) is 4.79 Å². The third-order valence-electron chi connectivity index (χ3n) is 3.07. The van der Waals surface area contributed by atoms with Crippen molar-refractivity contribution in [2.24, 2.45) is 5.41 Å². The Morgan fingerprint density at radius 1 is 1.30 bits per heavy atom. The topological polar surface area (TPSA) is 75.6 Å². The molecular weight excluding hydrogens is 308 g/mol. The molecule has 0 fully saturated rings. The fourth-order valence-corrected chi connectivity index (χ4v) is 1.81. The molecule has 1 unspecified atom stereocenters. The summed E-state index contributed by atoms with van der Waals surface area (Å²) in [5.41, 5.74) is -0.0633. The van der Waals surface area contributed by atoms with E-state index in [9.17, 15) is 18.4 Å². The summed E-state index contributed by atoms with van der Waals surface area (Å²) in [4.78, 5) is 22.9. The molecule has 0 aliphatic carbocycles. The molecule has 0 radical (unpaired) electrons. The summed E-state index contributed by atoms with van der Waals surface area (Å²) in [7, 11) is 0. The van der Waals surface area contributed by atoms with E-state index >= 15 is 0 Å². The van der Waals surface area contributed by atoms with Gasteiger partial charge in [0.05, 0.1) is 0 Å². The van der Waals surface area contributed by atoms with Crippen LogP contribution in [0.3, 0.4) is 0 Å². The first-order valence-electron chi connectivity index (χ1n) is 7.18. The van der Waals surface area contributed by atoms with Crippen molar-refractivity contribution >= 4 is 11.9 Å². The van der Waals surface area contributed by atoms with Crippen LogP contribution in [0.5, 0.6) is 5.75 Å². The van der Waals surface area contributed by atoms with Gasteiger partial charge in [0.1, 0.15) is 11.9 Å². The number of carboxylic acids is 1. The van der Waals surface area contributed by atoms with Crippen LogP contribution < -0.4 is 10.1 Å². The van der Waals surface area contributed by atoms with Gasteiger partial charge in [-0.05, 0) is 30.4 Å². The molecule has 1 atom stereocenters. The molecule has 7 heteroatoms. The van der Waals surface area contributed by atoms with Crippen LogP contribution in [0.25, 0.3) is 0 Å². The predicted octanol–water partition coefficient (Wildman–Crippen LogP) is 2.74. The Balaban J connectivity index is 2.54. The molecule has 0 spiro atoms. The number of nitrogens with one attached hydrogen (secondary N) is 1. The van der Waals surface area contributed by atoms with Gasteiger partial charge in [0, 0.05) is 6.07 Å². The minimum absolute atomic E-state index is 0.0633. The molecule has 0 aliphatic heterocycles. The van der Waals surface area contributed by atoms with Crippen LogP contribution in [0.1, 0.15) is 33.6 Å². The first kappa shape index (κ1) is 18.9. The average Bonchev–Trinajstić information content (AvgIpc) is 2.41. The maximum absolute atomic E-state index is 13.4. The number of carbonyl (C=O) groups is 2. The highest BCUT2D eigenvalue weighted by atomic mass is 19.1. The fourth-order valence-electron chi connectivity index (χ4n) is 1.81. The van der Waals surface area contributed by atoms with E-state index < -0.39 is 36.2 Å². The monoisotopic (exact) mass is 329 g/mol. The van der Waals surface area contributed by atoms with Gasteiger partial charge < -0.3 is 15.2 Å². The van der Waals surface area contributed by atoms with Gasteiger partial charge >= 0.3 is 5.97 Å². The molecule has 0 heterocycles. The number of rotatable bonds is 7. The quantitative estimate of drug-likeness (QED) is 0.806. The molecule has 0 saturated carbocycles. The van der Waals surface area contributed by atoms with Crippen molar-refractivity contribution in [3.8, 4) is 5.75 Å². The Morgan fingerprint density at radius 3 is 2.48 bits per heavy atom. The molecule has 5 nitrogen and oxygen atoms in total. The van der Waals surface area contributed by atoms with Crippen LogP contribution in [0.15, 0.2) is 18.2 Å². The van der Waals surface area contributed by atoms with Crippen molar-refractivity contribution in [1.82, 2.24) is 5.32 Å². The normalized spacial score (nSPS) is 12.6. The first-order chi connectivity index (χ1) is 10.6. The highest BCUT2D eigenvalue weighted by molar-refractivity contribution is 5.84. The third kappa shape index (κ3) is 7.08. The Hall–Kier alpha value is -2.18. The third-order valence-corrected chi connectivity index (χ3v) is 3.07. The van der Waals surface area contributed by atoms with E-state index in [1.165, 1.54) is 0 Å². The van der Waals surface area contributed by atoms with Gasteiger partial charge in [-0.15, -0.1) is 0 Å². The van der Waals surface area contributed by atoms with Crippen molar-refractivity contribution in [3.63, 3.8) is 0 Å². The lowest BCUT2D eigenvalue weighted by Gasteiger charge is -2.21. The lowest BCUT2D eigenvalue weighted by atomic mass is 9.88. The maximum Gasteiger partial charge on any atom is 0.326 e. The minimum Gasteiger partial charge on any atom is -0.481 e. The maximum atomic E-state index is 13.4. The Morgan fingerprint density at radius 2 is 1.96 bits per heavy atom. The zero-order chi connectivity index (χ0) is 17.6. The molecule has 0 aromatic heterocycles. The molecule has 23 heavy (non-hydrogen) atoms. The van der Waals surface area contributed by atoms with Crippen LogP contribution in [0.4, 0.5) is 8.78 Å². The summed E-state index contributed by atoms with van der Waals surface area (Å²) in [6.07, 6.45) is 0.882. The van der Waals surface area contributed by atoms with Gasteiger partial charge in [-0.2, -0.15) is 0 Å². The minimum atomic E-state index is -1.14. The lowest BCUT2D eigenvalue weighted by Crippen LogP contribution is -2.43. The molecule has 2 N–H and O–H groups in total. The van der Waals surface area contributed by atoms with Gasteiger partial charge in [-0.1, -0.05) is 20.8 Å². The second kappa shape index (κ2) is 7.89. The van der Waals surface area contributed by atoms with Crippen LogP contribution >= 0.6 is 0 Å². The largest absolute Gasteiger partial charge is 0.481 e. The number of benzene rings is 1. The van der Waals surface area contributed by atoms with Crippen LogP contribution in [-0.2, 0) is 9.59 Å². The molecule has 0 saturated heterocycles. The molecule has 0 aliphatic rings. The number of hydrogen-bond donors (Lipinski definition) is 2. The van der Waals surface area contributed by atoms with E-state index in [4.69, 9.17) is 9.84 Å². The molecule has 1 rings (SSSR count). The molecule has 1 aromatic rings. The number of hydrogen-bond acceptors (Lipinski definition) is 3. The molecule has 128 valence electrons. The van der Waals surface area contributed by atoms with Gasteiger partial charge in [0.25, 0.3) is 5.91 Å². The van der Waals surface area contributed by atoms with E-state index in [0.29, 0.717) is 12.5 Å².